The summed E-state index contributed by atoms with van der Waals surface area (Å²) >= 11 is 1.59. The van der Waals surface area contributed by atoms with Gasteiger partial charge < -0.3 is 10.8 Å². The molecule has 0 aliphatic carbocycles. The van der Waals surface area contributed by atoms with Crippen molar-refractivity contribution in [3.8, 4) is 0 Å². The molecule has 0 bridgehead atoms. The molecule has 3 N–H and O–H groups in total. The van der Waals surface area contributed by atoms with E-state index in [0.717, 1.165) is 16.1 Å². The van der Waals surface area contributed by atoms with Crippen molar-refractivity contribution in [2.24, 2.45) is 0 Å². The van der Waals surface area contributed by atoms with Gasteiger partial charge in [0.15, 0.2) is 0 Å². The average molecular weight is 259 g/mol. The molecule has 0 amide bonds. The van der Waals surface area contributed by atoms with E-state index in [2.05, 4.69) is 0 Å². The number of nitrogens with two attached hydrogens (primary N) is 1. The van der Waals surface area contributed by atoms with Crippen LogP contribution in [0.2, 0.25) is 0 Å². The first kappa shape index (κ1) is 12.5. The van der Waals surface area contributed by atoms with Crippen LogP contribution in [0.3, 0.4) is 0 Å². The quantitative estimate of drug-likeness (QED) is 0.653. The third-order valence-electron chi connectivity index (χ3n) is 2.52. The van der Waals surface area contributed by atoms with Crippen molar-refractivity contribution in [3.05, 3.63) is 59.7 Å². The van der Waals surface area contributed by atoms with Crippen molar-refractivity contribution < 1.29 is 9.90 Å². The van der Waals surface area contributed by atoms with Gasteiger partial charge in [-0.15, -0.1) is 11.8 Å². The van der Waals surface area contributed by atoms with Gasteiger partial charge in [0.1, 0.15) is 0 Å². The summed E-state index contributed by atoms with van der Waals surface area (Å²) in [6, 6.07) is 14.6. The van der Waals surface area contributed by atoms with Crippen molar-refractivity contribution in [2.45, 2.75) is 10.6 Å². The zero-order valence-electron chi connectivity index (χ0n) is 9.67. The summed E-state index contributed by atoms with van der Waals surface area (Å²) in [6.45, 7) is 0. The molecule has 0 spiro atoms. The largest absolute Gasteiger partial charge is 0.478 e. The molecule has 18 heavy (non-hydrogen) atoms. The van der Waals surface area contributed by atoms with Gasteiger partial charge in [0.05, 0.1) is 5.56 Å². The van der Waals surface area contributed by atoms with Crippen LogP contribution in [0.15, 0.2) is 53.4 Å². The lowest BCUT2D eigenvalue weighted by molar-refractivity contribution is 0.0696. The number of nitrogen functional groups attached to an aromatic ring is 1. The van der Waals surface area contributed by atoms with Crippen molar-refractivity contribution in [3.63, 3.8) is 0 Å². The van der Waals surface area contributed by atoms with Crippen LogP contribution in [0.4, 0.5) is 5.69 Å². The van der Waals surface area contributed by atoms with Gasteiger partial charge in [0.2, 0.25) is 0 Å². The van der Waals surface area contributed by atoms with Crippen LogP contribution in [0, 0.1) is 0 Å². The van der Waals surface area contributed by atoms with Crippen molar-refractivity contribution in [1.29, 1.82) is 0 Å². The fourth-order valence-electron chi connectivity index (χ4n) is 1.58. The van der Waals surface area contributed by atoms with E-state index in [1.54, 1.807) is 23.9 Å². The second kappa shape index (κ2) is 5.60. The van der Waals surface area contributed by atoms with E-state index < -0.39 is 5.97 Å². The van der Waals surface area contributed by atoms with Crippen LogP contribution in [-0.4, -0.2) is 11.1 Å². The Hall–Kier alpha value is -1.94. The number of carboxylic acid groups (broad SMARTS) is 1. The van der Waals surface area contributed by atoms with Crippen molar-refractivity contribution in [1.82, 2.24) is 0 Å². The van der Waals surface area contributed by atoms with Crippen LogP contribution in [-0.2, 0) is 5.75 Å². The fourth-order valence-corrected chi connectivity index (χ4v) is 2.48. The second-order valence-corrected chi connectivity index (χ2v) is 4.87. The molecule has 92 valence electrons. The molecular weight excluding hydrogens is 246 g/mol. The Morgan fingerprint density at radius 1 is 1.11 bits per heavy atom. The average Bonchev–Trinajstić information content (AvgIpc) is 2.38. The van der Waals surface area contributed by atoms with E-state index in [1.807, 2.05) is 36.4 Å². The topological polar surface area (TPSA) is 63.3 Å². The smallest absolute Gasteiger partial charge is 0.335 e. The normalized spacial score (nSPS) is 10.2. The van der Waals surface area contributed by atoms with Gasteiger partial charge >= 0.3 is 5.97 Å². The Morgan fingerprint density at radius 2 is 1.78 bits per heavy atom. The first-order chi connectivity index (χ1) is 8.66. The minimum Gasteiger partial charge on any atom is -0.478 e. The highest BCUT2D eigenvalue weighted by Crippen LogP contribution is 2.25. The molecule has 4 heteroatoms. The molecule has 0 aliphatic rings. The third-order valence-corrected chi connectivity index (χ3v) is 3.58. The maximum absolute atomic E-state index is 11.1. The number of hydrogen-bond acceptors (Lipinski definition) is 3. The lowest BCUT2D eigenvalue weighted by Gasteiger charge is -2.06. The highest BCUT2D eigenvalue weighted by molar-refractivity contribution is 7.98. The second-order valence-electron chi connectivity index (χ2n) is 3.82. The van der Waals surface area contributed by atoms with E-state index >= 15 is 0 Å². The SMILES string of the molecule is Nc1ccc(SCc2ccccc2C(=O)O)cc1. The highest BCUT2D eigenvalue weighted by atomic mass is 32.2. The molecular formula is C14H13NO2S. The van der Waals surface area contributed by atoms with Crippen LogP contribution in [0.1, 0.15) is 15.9 Å². The minimum absolute atomic E-state index is 0.362. The summed E-state index contributed by atoms with van der Waals surface area (Å²) in [7, 11) is 0. The predicted octanol–water partition coefficient (Wildman–Crippen LogP) is 3.26. The number of carbonyl (C=O) groups is 1. The van der Waals surface area contributed by atoms with E-state index in [0.29, 0.717) is 11.3 Å². The molecule has 0 unspecified atom stereocenters. The number of anilines is 1. The first-order valence-electron chi connectivity index (χ1n) is 5.46. The Kier molecular flexibility index (Phi) is 3.89. The summed E-state index contributed by atoms with van der Waals surface area (Å²) < 4.78 is 0. The monoisotopic (exact) mass is 259 g/mol. The Bertz CT molecular complexity index is 552. The Balaban J connectivity index is 2.10. The molecule has 0 saturated heterocycles. The maximum atomic E-state index is 11.1. The maximum Gasteiger partial charge on any atom is 0.335 e. The summed E-state index contributed by atoms with van der Waals surface area (Å²) in [4.78, 5) is 12.1. The summed E-state index contributed by atoms with van der Waals surface area (Å²) in [5.41, 5.74) is 7.53. The highest BCUT2D eigenvalue weighted by Gasteiger charge is 2.08. The molecule has 2 aromatic carbocycles. The lowest BCUT2D eigenvalue weighted by atomic mass is 10.1. The Labute approximate surface area is 110 Å². The summed E-state index contributed by atoms with van der Waals surface area (Å²) in [5.74, 6) is -0.254. The number of rotatable bonds is 4. The van der Waals surface area contributed by atoms with Gasteiger partial charge in [-0.3, -0.25) is 0 Å². The van der Waals surface area contributed by atoms with E-state index in [1.165, 1.54) is 0 Å². The number of carboxylic acids is 1. The summed E-state index contributed by atoms with van der Waals surface area (Å²) in [6.07, 6.45) is 0. The Morgan fingerprint density at radius 3 is 2.44 bits per heavy atom. The first-order valence-corrected chi connectivity index (χ1v) is 6.45. The molecule has 3 nitrogen and oxygen atoms in total. The number of aromatic carboxylic acids is 1. The molecule has 0 saturated carbocycles. The fraction of sp³-hybridized carbons (Fsp3) is 0.0714. The van der Waals surface area contributed by atoms with Crippen LogP contribution in [0.5, 0.6) is 0 Å². The zero-order chi connectivity index (χ0) is 13.0. The van der Waals surface area contributed by atoms with Crippen molar-refractivity contribution >= 4 is 23.4 Å². The number of thioether (sulfide) groups is 1. The van der Waals surface area contributed by atoms with Gasteiger partial charge in [-0.05, 0) is 35.9 Å². The van der Waals surface area contributed by atoms with Crippen LogP contribution < -0.4 is 5.73 Å². The number of benzene rings is 2. The zero-order valence-corrected chi connectivity index (χ0v) is 10.5. The van der Waals surface area contributed by atoms with Gasteiger partial charge in [-0.2, -0.15) is 0 Å². The van der Waals surface area contributed by atoms with Gasteiger partial charge in [-0.1, -0.05) is 18.2 Å². The summed E-state index contributed by atoms with van der Waals surface area (Å²) in [5, 5.41) is 9.07. The van der Waals surface area contributed by atoms with Gasteiger partial charge in [-0.25, -0.2) is 4.79 Å². The number of hydrogen-bond donors (Lipinski definition) is 2. The van der Waals surface area contributed by atoms with Crippen LogP contribution >= 0.6 is 11.8 Å². The molecule has 0 heterocycles. The van der Waals surface area contributed by atoms with E-state index in [9.17, 15) is 4.79 Å². The van der Waals surface area contributed by atoms with E-state index in [4.69, 9.17) is 10.8 Å². The molecule has 0 atom stereocenters. The van der Waals surface area contributed by atoms with Crippen molar-refractivity contribution in [2.75, 3.05) is 5.73 Å². The molecule has 0 aliphatic heterocycles. The van der Waals surface area contributed by atoms with Gasteiger partial charge in [0, 0.05) is 16.3 Å². The van der Waals surface area contributed by atoms with Gasteiger partial charge in [0.25, 0.3) is 0 Å². The molecule has 2 rings (SSSR count). The third kappa shape index (κ3) is 3.05. The minimum atomic E-state index is -0.886. The molecule has 0 radical (unpaired) electrons. The standard InChI is InChI=1S/C14H13NO2S/c15-11-5-7-12(8-6-11)18-9-10-3-1-2-4-13(10)14(16)17/h1-8H,9,15H2,(H,16,17). The predicted molar refractivity (Wildman–Crippen MR) is 73.8 cm³/mol. The molecule has 0 aromatic heterocycles. The van der Waals surface area contributed by atoms with E-state index in [-0.39, 0.29) is 0 Å². The lowest BCUT2D eigenvalue weighted by Crippen LogP contribution is -2.00. The molecule has 0 fully saturated rings. The molecule has 2 aromatic rings. The van der Waals surface area contributed by atoms with Crippen LogP contribution in [0.25, 0.3) is 0 Å².